The molecular weight excluding hydrogens is 346 g/mol. The zero-order valence-electron chi connectivity index (χ0n) is 14.6. The minimum absolute atomic E-state index is 0.0414. The highest BCUT2D eigenvalue weighted by atomic mass is 16.4. The van der Waals surface area contributed by atoms with Crippen LogP contribution in [0.1, 0.15) is 12.8 Å². The minimum atomic E-state index is -1.11. The predicted octanol–water partition coefficient (Wildman–Crippen LogP) is 0.891. The number of hydrogen-bond acceptors (Lipinski definition) is 4. The highest BCUT2D eigenvalue weighted by Gasteiger charge is 2.59. The average Bonchev–Trinajstić information content (AvgIpc) is 3.23. The van der Waals surface area contributed by atoms with Crippen molar-refractivity contribution in [3.63, 3.8) is 0 Å². The number of hydrogen-bond donors (Lipinski definition) is 2. The van der Waals surface area contributed by atoms with Crippen LogP contribution >= 0.6 is 0 Å². The molecule has 0 unspecified atom stereocenters. The fourth-order valence-corrected chi connectivity index (χ4v) is 4.77. The third kappa shape index (κ3) is 2.28. The SMILES string of the molecule is O=C(O)C1=C(/C=C2\CCN(c3ccccc3)C2=O)C[C@@H]2CN[C@@H]3C(=O)N1[C@H]23. The summed E-state index contributed by atoms with van der Waals surface area (Å²) in [7, 11) is 0. The van der Waals surface area contributed by atoms with Gasteiger partial charge in [0.15, 0.2) is 0 Å². The number of benzene rings is 1. The van der Waals surface area contributed by atoms with Crippen LogP contribution in [0, 0.1) is 5.92 Å². The van der Waals surface area contributed by atoms with Crippen LogP contribution in [0.3, 0.4) is 0 Å². The molecule has 4 heterocycles. The highest BCUT2D eigenvalue weighted by Crippen LogP contribution is 2.44. The van der Waals surface area contributed by atoms with Gasteiger partial charge in [0.1, 0.15) is 11.7 Å². The average molecular weight is 365 g/mol. The summed E-state index contributed by atoms with van der Waals surface area (Å²) < 4.78 is 0. The number of allylic oxidation sites excluding steroid dienone is 2. The Balaban J connectivity index is 1.50. The van der Waals surface area contributed by atoms with E-state index in [1.54, 1.807) is 11.0 Å². The predicted molar refractivity (Wildman–Crippen MR) is 96.7 cm³/mol. The lowest BCUT2D eigenvalue weighted by Gasteiger charge is -2.48. The van der Waals surface area contributed by atoms with E-state index in [1.165, 1.54) is 4.90 Å². The molecule has 0 aromatic heterocycles. The number of carboxylic acid groups (broad SMARTS) is 1. The Bertz CT molecular complexity index is 920. The second kappa shape index (κ2) is 5.79. The molecule has 4 aliphatic rings. The molecule has 0 bridgehead atoms. The van der Waals surface area contributed by atoms with Gasteiger partial charge < -0.3 is 15.3 Å². The maximum atomic E-state index is 12.8. The van der Waals surface area contributed by atoms with E-state index in [2.05, 4.69) is 5.32 Å². The van der Waals surface area contributed by atoms with Crippen LogP contribution in [0.5, 0.6) is 0 Å². The summed E-state index contributed by atoms with van der Waals surface area (Å²) in [6.07, 6.45) is 2.85. The first kappa shape index (κ1) is 16.3. The number of carbonyl (C=O) groups is 3. The molecule has 0 radical (unpaired) electrons. The Labute approximate surface area is 155 Å². The van der Waals surface area contributed by atoms with E-state index in [4.69, 9.17) is 0 Å². The van der Waals surface area contributed by atoms with Crippen LogP contribution in [0.4, 0.5) is 5.69 Å². The van der Waals surface area contributed by atoms with Gasteiger partial charge in [-0.1, -0.05) is 18.2 Å². The number of aliphatic carboxylic acids is 1. The molecule has 3 atom stereocenters. The number of β-lactam (4-membered cyclic amide) rings is 1. The Morgan fingerprint density at radius 1 is 1.22 bits per heavy atom. The zero-order valence-corrected chi connectivity index (χ0v) is 14.6. The molecule has 1 aromatic carbocycles. The van der Waals surface area contributed by atoms with Gasteiger partial charge in [0, 0.05) is 24.4 Å². The summed E-state index contributed by atoms with van der Waals surface area (Å²) in [5.74, 6) is -1.19. The van der Waals surface area contributed by atoms with Gasteiger partial charge in [0.05, 0.1) is 6.04 Å². The molecule has 5 rings (SSSR count). The molecule has 7 heteroatoms. The van der Waals surface area contributed by atoms with Crippen molar-refractivity contribution in [1.82, 2.24) is 10.2 Å². The van der Waals surface area contributed by atoms with Crippen LogP contribution in [-0.2, 0) is 14.4 Å². The first-order chi connectivity index (χ1) is 13.1. The van der Waals surface area contributed by atoms with Gasteiger partial charge in [-0.25, -0.2) is 4.79 Å². The van der Waals surface area contributed by atoms with Gasteiger partial charge in [0.25, 0.3) is 5.91 Å². The van der Waals surface area contributed by atoms with E-state index in [-0.39, 0.29) is 35.5 Å². The molecule has 0 saturated carbocycles. The number of nitrogens with one attached hydrogen (secondary N) is 1. The summed E-state index contributed by atoms with van der Waals surface area (Å²) in [4.78, 5) is 40.2. The molecule has 2 N–H and O–H groups in total. The maximum Gasteiger partial charge on any atom is 0.352 e. The van der Waals surface area contributed by atoms with E-state index >= 15 is 0 Å². The Morgan fingerprint density at radius 3 is 2.74 bits per heavy atom. The summed E-state index contributed by atoms with van der Waals surface area (Å²) in [5, 5.41) is 12.9. The quantitative estimate of drug-likeness (QED) is 0.613. The number of carboxylic acids is 1. The van der Waals surface area contributed by atoms with Crippen molar-refractivity contribution in [1.29, 1.82) is 0 Å². The Kier molecular flexibility index (Phi) is 3.48. The van der Waals surface area contributed by atoms with Gasteiger partial charge in [-0.15, -0.1) is 0 Å². The number of para-hydroxylation sites is 1. The molecule has 1 aromatic rings. The number of rotatable bonds is 3. The molecule has 138 valence electrons. The van der Waals surface area contributed by atoms with Crippen molar-refractivity contribution in [2.75, 3.05) is 18.0 Å². The zero-order chi connectivity index (χ0) is 18.7. The van der Waals surface area contributed by atoms with E-state index in [1.807, 2.05) is 30.3 Å². The lowest BCUT2D eigenvalue weighted by Crippen LogP contribution is -2.68. The molecule has 27 heavy (non-hydrogen) atoms. The topological polar surface area (TPSA) is 90.0 Å². The molecule has 3 fully saturated rings. The van der Waals surface area contributed by atoms with Crippen molar-refractivity contribution < 1.29 is 19.5 Å². The standard InChI is InChI=1S/C20H19N3O4/c24-18-11(6-7-22(18)14-4-2-1-3-5-14)8-12-9-13-10-21-15-16(13)23(19(15)25)17(12)20(26)27/h1-5,8,13,15-16,21H,6-7,9-10H2,(H,26,27)/b11-8+/t13-,15+,16-/m1/s1. The first-order valence-electron chi connectivity index (χ1n) is 9.16. The van der Waals surface area contributed by atoms with Crippen LogP contribution in [0.25, 0.3) is 0 Å². The van der Waals surface area contributed by atoms with Crippen molar-refractivity contribution in [2.45, 2.75) is 24.9 Å². The lowest BCUT2D eigenvalue weighted by atomic mass is 9.79. The van der Waals surface area contributed by atoms with Crippen LogP contribution in [-0.4, -0.2) is 53.0 Å². The highest BCUT2D eigenvalue weighted by molar-refractivity contribution is 6.09. The summed E-state index contributed by atoms with van der Waals surface area (Å²) in [6.45, 7) is 1.27. The van der Waals surface area contributed by atoms with Crippen molar-refractivity contribution >= 4 is 23.5 Å². The van der Waals surface area contributed by atoms with E-state index in [0.29, 0.717) is 37.1 Å². The first-order valence-corrected chi connectivity index (χ1v) is 9.16. The van der Waals surface area contributed by atoms with Gasteiger partial charge >= 0.3 is 5.97 Å². The maximum absolute atomic E-state index is 12.8. The second-order valence-corrected chi connectivity index (χ2v) is 7.44. The monoisotopic (exact) mass is 365 g/mol. The minimum Gasteiger partial charge on any atom is -0.477 e. The molecule has 0 spiro atoms. The summed E-state index contributed by atoms with van der Waals surface area (Å²) in [5.41, 5.74) is 2.06. The molecule has 3 saturated heterocycles. The molecular formula is C20H19N3O4. The van der Waals surface area contributed by atoms with Gasteiger partial charge in [0.2, 0.25) is 5.91 Å². The number of carbonyl (C=O) groups excluding carboxylic acids is 2. The molecule has 2 amide bonds. The van der Waals surface area contributed by atoms with Crippen LogP contribution in [0.2, 0.25) is 0 Å². The fraction of sp³-hybridized carbons (Fsp3) is 0.350. The van der Waals surface area contributed by atoms with Crippen LogP contribution in [0.15, 0.2) is 53.3 Å². The van der Waals surface area contributed by atoms with Crippen molar-refractivity contribution in [3.8, 4) is 0 Å². The lowest BCUT2D eigenvalue weighted by molar-refractivity contribution is -0.153. The molecule has 0 aliphatic carbocycles. The van der Waals surface area contributed by atoms with Gasteiger partial charge in [-0.2, -0.15) is 0 Å². The number of amides is 2. The molecule has 7 nitrogen and oxygen atoms in total. The van der Waals surface area contributed by atoms with Crippen molar-refractivity contribution in [3.05, 3.63) is 53.3 Å². The van der Waals surface area contributed by atoms with Crippen LogP contribution < -0.4 is 10.2 Å². The number of anilines is 1. The normalized spacial score (nSPS) is 30.8. The number of nitrogens with zero attached hydrogens (tertiary/aromatic N) is 2. The third-order valence-corrected chi connectivity index (χ3v) is 6.00. The molecule has 4 aliphatic heterocycles. The second-order valence-electron chi connectivity index (χ2n) is 7.44. The van der Waals surface area contributed by atoms with E-state index < -0.39 is 5.97 Å². The summed E-state index contributed by atoms with van der Waals surface area (Å²) in [6, 6.07) is 9.13. The third-order valence-electron chi connectivity index (χ3n) is 6.00. The van der Waals surface area contributed by atoms with Gasteiger partial charge in [-0.05, 0) is 42.5 Å². The smallest absolute Gasteiger partial charge is 0.352 e. The summed E-state index contributed by atoms with van der Waals surface area (Å²) >= 11 is 0. The fourth-order valence-electron chi connectivity index (χ4n) is 4.77. The Hall–Kier alpha value is -2.93. The van der Waals surface area contributed by atoms with Gasteiger partial charge in [-0.3, -0.25) is 14.5 Å². The van der Waals surface area contributed by atoms with Crippen molar-refractivity contribution in [2.24, 2.45) is 5.92 Å². The van der Waals surface area contributed by atoms with E-state index in [0.717, 1.165) is 5.69 Å². The van der Waals surface area contributed by atoms with E-state index in [9.17, 15) is 19.5 Å². The largest absolute Gasteiger partial charge is 0.477 e. The Morgan fingerprint density at radius 2 is 2.00 bits per heavy atom.